The van der Waals surface area contributed by atoms with Crippen molar-refractivity contribution in [2.45, 2.75) is 19.9 Å². The Morgan fingerprint density at radius 2 is 1.89 bits per heavy atom. The summed E-state index contributed by atoms with van der Waals surface area (Å²) in [6, 6.07) is 12.1. The summed E-state index contributed by atoms with van der Waals surface area (Å²) in [5.74, 6) is 5.74. The number of halogens is 2. The van der Waals surface area contributed by atoms with Crippen LogP contribution in [0, 0.1) is 13.8 Å². The molecular weight excluding hydrogens is 324 g/mol. The fraction of sp³-hybridized carbons (Fsp3) is 0.200. The summed E-state index contributed by atoms with van der Waals surface area (Å²) in [7, 11) is 0. The molecule has 0 aromatic heterocycles. The summed E-state index contributed by atoms with van der Waals surface area (Å²) in [5.41, 5.74) is 7.51. The van der Waals surface area contributed by atoms with E-state index < -0.39 is 0 Å². The number of benzene rings is 2. The molecule has 0 heterocycles. The molecule has 0 aliphatic heterocycles. The van der Waals surface area contributed by atoms with E-state index in [-0.39, 0.29) is 6.04 Å². The van der Waals surface area contributed by atoms with Gasteiger partial charge < -0.3 is 0 Å². The zero-order chi connectivity index (χ0) is 14.0. The van der Waals surface area contributed by atoms with Crippen LogP contribution in [0.4, 0.5) is 0 Å². The van der Waals surface area contributed by atoms with Crippen molar-refractivity contribution in [3.8, 4) is 0 Å². The first-order valence-corrected chi connectivity index (χ1v) is 7.17. The summed E-state index contributed by atoms with van der Waals surface area (Å²) < 4.78 is 0.944. The summed E-state index contributed by atoms with van der Waals surface area (Å²) in [6.07, 6.45) is 0. The number of rotatable bonds is 3. The third kappa shape index (κ3) is 3.37. The molecule has 0 fully saturated rings. The van der Waals surface area contributed by atoms with Crippen LogP contribution in [0.25, 0.3) is 0 Å². The van der Waals surface area contributed by atoms with Crippen LogP contribution in [0.3, 0.4) is 0 Å². The van der Waals surface area contributed by atoms with Gasteiger partial charge in [-0.2, -0.15) is 0 Å². The minimum Gasteiger partial charge on any atom is -0.271 e. The fourth-order valence-corrected chi connectivity index (χ4v) is 3.14. The molecule has 0 aliphatic rings. The number of nitrogens with two attached hydrogens (primary N) is 1. The van der Waals surface area contributed by atoms with E-state index in [2.05, 4.69) is 53.4 Å². The predicted octanol–water partition coefficient (Wildman–Crippen LogP) is 4.27. The van der Waals surface area contributed by atoms with E-state index in [0.717, 1.165) is 15.6 Å². The lowest BCUT2D eigenvalue weighted by atomic mass is 9.94. The largest absolute Gasteiger partial charge is 0.271 e. The molecule has 2 aromatic carbocycles. The molecule has 100 valence electrons. The van der Waals surface area contributed by atoms with Crippen molar-refractivity contribution in [2.24, 2.45) is 5.84 Å². The Hall–Kier alpha value is -0.870. The van der Waals surface area contributed by atoms with Crippen LogP contribution in [0.1, 0.15) is 28.3 Å². The van der Waals surface area contributed by atoms with Gasteiger partial charge >= 0.3 is 0 Å². The molecule has 2 nitrogen and oxygen atoms in total. The zero-order valence-corrected chi connectivity index (χ0v) is 13.2. The maximum atomic E-state index is 6.11. The third-order valence-electron chi connectivity index (χ3n) is 3.12. The lowest BCUT2D eigenvalue weighted by molar-refractivity contribution is 0.633. The lowest BCUT2D eigenvalue weighted by Crippen LogP contribution is -2.29. The lowest BCUT2D eigenvalue weighted by Gasteiger charge is -2.20. The van der Waals surface area contributed by atoms with Crippen LogP contribution in [0.2, 0.25) is 5.02 Å². The Labute approximate surface area is 127 Å². The molecule has 3 N–H and O–H groups in total. The van der Waals surface area contributed by atoms with Gasteiger partial charge in [-0.3, -0.25) is 5.84 Å². The van der Waals surface area contributed by atoms with E-state index in [1.165, 1.54) is 11.1 Å². The van der Waals surface area contributed by atoms with Gasteiger partial charge in [0.25, 0.3) is 0 Å². The quantitative estimate of drug-likeness (QED) is 0.647. The van der Waals surface area contributed by atoms with Gasteiger partial charge in [0.1, 0.15) is 0 Å². The Balaban J connectivity index is 2.49. The van der Waals surface area contributed by atoms with Crippen molar-refractivity contribution >= 4 is 27.5 Å². The summed E-state index contributed by atoms with van der Waals surface area (Å²) in [5, 5.41) is 0.689. The number of hydrazine groups is 1. The van der Waals surface area contributed by atoms with Gasteiger partial charge in [0.15, 0.2) is 0 Å². The first-order chi connectivity index (χ1) is 9.01. The fourth-order valence-electron chi connectivity index (χ4n) is 2.26. The first kappa shape index (κ1) is 14.5. The van der Waals surface area contributed by atoms with Gasteiger partial charge in [0.05, 0.1) is 6.04 Å². The average molecular weight is 340 g/mol. The predicted molar refractivity (Wildman–Crippen MR) is 84.2 cm³/mol. The van der Waals surface area contributed by atoms with Crippen LogP contribution >= 0.6 is 27.5 Å². The molecule has 2 aromatic rings. The highest BCUT2D eigenvalue weighted by atomic mass is 79.9. The summed E-state index contributed by atoms with van der Waals surface area (Å²) >= 11 is 9.57. The second-order valence-corrected chi connectivity index (χ2v) is 6.01. The van der Waals surface area contributed by atoms with E-state index in [1.807, 2.05) is 18.2 Å². The SMILES string of the molecule is Cc1ccc(C(NN)c2cc(Cl)cc(Br)c2)c(C)c1. The van der Waals surface area contributed by atoms with Crippen molar-refractivity contribution in [1.82, 2.24) is 5.43 Å². The normalized spacial score (nSPS) is 12.5. The van der Waals surface area contributed by atoms with Gasteiger partial charge in [-0.15, -0.1) is 0 Å². The molecule has 19 heavy (non-hydrogen) atoms. The molecule has 0 radical (unpaired) electrons. The molecule has 0 aliphatic carbocycles. The number of hydrogen-bond donors (Lipinski definition) is 2. The van der Waals surface area contributed by atoms with Crippen LogP contribution in [0.5, 0.6) is 0 Å². The molecule has 1 unspecified atom stereocenters. The van der Waals surface area contributed by atoms with Crippen molar-refractivity contribution in [3.05, 3.63) is 68.1 Å². The number of hydrogen-bond acceptors (Lipinski definition) is 2. The summed E-state index contributed by atoms with van der Waals surface area (Å²) in [4.78, 5) is 0. The van der Waals surface area contributed by atoms with Gasteiger partial charge in [-0.1, -0.05) is 51.3 Å². The van der Waals surface area contributed by atoms with Gasteiger partial charge in [0.2, 0.25) is 0 Å². The molecule has 2 rings (SSSR count). The zero-order valence-electron chi connectivity index (χ0n) is 10.9. The van der Waals surface area contributed by atoms with E-state index >= 15 is 0 Å². The average Bonchev–Trinajstić information content (AvgIpc) is 2.31. The van der Waals surface area contributed by atoms with Crippen LogP contribution in [-0.4, -0.2) is 0 Å². The molecule has 4 heteroatoms. The first-order valence-electron chi connectivity index (χ1n) is 6.00. The maximum absolute atomic E-state index is 6.11. The highest BCUT2D eigenvalue weighted by Crippen LogP contribution is 2.29. The Bertz CT molecular complexity index is 578. The Kier molecular flexibility index (Phi) is 4.63. The maximum Gasteiger partial charge on any atom is 0.0713 e. The van der Waals surface area contributed by atoms with Crippen LogP contribution < -0.4 is 11.3 Å². The molecule has 0 bridgehead atoms. The Morgan fingerprint density at radius 1 is 1.16 bits per heavy atom. The molecule has 0 saturated heterocycles. The van der Waals surface area contributed by atoms with Crippen molar-refractivity contribution in [1.29, 1.82) is 0 Å². The Morgan fingerprint density at radius 3 is 2.47 bits per heavy atom. The second kappa shape index (κ2) is 6.06. The molecular formula is C15H16BrClN2. The van der Waals surface area contributed by atoms with E-state index in [9.17, 15) is 0 Å². The van der Waals surface area contributed by atoms with Gasteiger partial charge in [-0.05, 0) is 48.7 Å². The topological polar surface area (TPSA) is 38.0 Å². The smallest absolute Gasteiger partial charge is 0.0713 e. The third-order valence-corrected chi connectivity index (χ3v) is 3.80. The number of nitrogens with one attached hydrogen (secondary N) is 1. The highest BCUT2D eigenvalue weighted by molar-refractivity contribution is 9.10. The monoisotopic (exact) mass is 338 g/mol. The minimum atomic E-state index is -0.0735. The van der Waals surface area contributed by atoms with Crippen LogP contribution in [-0.2, 0) is 0 Å². The van der Waals surface area contributed by atoms with Crippen molar-refractivity contribution in [3.63, 3.8) is 0 Å². The molecule has 1 atom stereocenters. The number of aryl methyl sites for hydroxylation is 2. The highest BCUT2D eigenvalue weighted by Gasteiger charge is 2.15. The second-order valence-electron chi connectivity index (χ2n) is 4.66. The van der Waals surface area contributed by atoms with E-state index in [1.54, 1.807) is 0 Å². The standard InChI is InChI=1S/C15H16BrClN2/c1-9-3-4-14(10(2)5-9)15(19-18)11-6-12(16)8-13(17)7-11/h3-8,15,19H,18H2,1-2H3. The van der Waals surface area contributed by atoms with Crippen molar-refractivity contribution < 1.29 is 0 Å². The molecule has 0 spiro atoms. The molecule has 0 amide bonds. The van der Waals surface area contributed by atoms with Crippen LogP contribution in [0.15, 0.2) is 40.9 Å². The van der Waals surface area contributed by atoms with Gasteiger partial charge in [0, 0.05) is 9.50 Å². The van der Waals surface area contributed by atoms with E-state index in [4.69, 9.17) is 17.4 Å². The van der Waals surface area contributed by atoms with E-state index in [0.29, 0.717) is 5.02 Å². The van der Waals surface area contributed by atoms with Gasteiger partial charge in [-0.25, -0.2) is 5.43 Å². The van der Waals surface area contributed by atoms with Crippen molar-refractivity contribution in [2.75, 3.05) is 0 Å². The molecule has 0 saturated carbocycles. The summed E-state index contributed by atoms with van der Waals surface area (Å²) in [6.45, 7) is 4.17. The minimum absolute atomic E-state index is 0.0735.